The molecule has 0 radical (unpaired) electrons. The van der Waals surface area contributed by atoms with Gasteiger partial charge in [0.15, 0.2) is 0 Å². The smallest absolute Gasteiger partial charge is 0.00934 e. The Morgan fingerprint density at radius 1 is 1.36 bits per heavy atom. The third-order valence-corrected chi connectivity index (χ3v) is 3.42. The van der Waals surface area contributed by atoms with Gasteiger partial charge < -0.3 is 0 Å². The fourth-order valence-electron chi connectivity index (χ4n) is 2.71. The predicted octanol–water partition coefficient (Wildman–Crippen LogP) is 3.89. The summed E-state index contributed by atoms with van der Waals surface area (Å²) in [4.78, 5) is 0. The minimum atomic E-state index is 0.735. The highest BCUT2D eigenvalue weighted by molar-refractivity contribution is 5.30. The molecule has 0 aromatic carbocycles. The first-order chi connectivity index (χ1) is 6.85. The minimum Gasteiger partial charge on any atom is -0.0988 e. The molecule has 0 saturated heterocycles. The molecule has 0 spiro atoms. The summed E-state index contributed by atoms with van der Waals surface area (Å²) in [6.45, 7) is 5.97. The number of hydrogen-bond donors (Lipinski definition) is 0. The van der Waals surface area contributed by atoms with Crippen molar-refractivity contribution in [2.45, 2.75) is 19.8 Å². The minimum absolute atomic E-state index is 0.735. The number of hydrogen-bond acceptors (Lipinski definition) is 0. The first-order valence-electron chi connectivity index (χ1n) is 5.48. The number of rotatable bonds is 3. The Morgan fingerprint density at radius 2 is 2.21 bits per heavy atom. The van der Waals surface area contributed by atoms with Crippen LogP contribution in [0.2, 0.25) is 0 Å². The average molecular weight is 186 g/mol. The molecule has 74 valence electrons. The average Bonchev–Trinajstić information content (AvgIpc) is 2.80. The summed E-state index contributed by atoms with van der Waals surface area (Å²) in [5.74, 6) is 2.37. The van der Waals surface area contributed by atoms with E-state index in [4.69, 9.17) is 0 Å². The van der Waals surface area contributed by atoms with Crippen LogP contribution >= 0.6 is 0 Å². The molecular formula is C14H18. The van der Waals surface area contributed by atoms with Crippen LogP contribution in [0.4, 0.5) is 0 Å². The monoisotopic (exact) mass is 186 g/mol. The van der Waals surface area contributed by atoms with Crippen LogP contribution in [-0.2, 0) is 0 Å². The lowest BCUT2D eigenvalue weighted by Crippen LogP contribution is -2.08. The summed E-state index contributed by atoms with van der Waals surface area (Å²) < 4.78 is 0. The van der Waals surface area contributed by atoms with Crippen LogP contribution in [0.5, 0.6) is 0 Å². The zero-order chi connectivity index (χ0) is 9.97. The lowest BCUT2D eigenvalue weighted by molar-refractivity contribution is 0.530. The third-order valence-electron chi connectivity index (χ3n) is 3.42. The fraction of sp³-hybridized carbons (Fsp3) is 0.429. The van der Waals surface area contributed by atoms with E-state index in [1.165, 1.54) is 18.4 Å². The van der Waals surface area contributed by atoms with Crippen LogP contribution < -0.4 is 0 Å². The maximum atomic E-state index is 3.92. The molecule has 3 unspecified atom stereocenters. The van der Waals surface area contributed by atoms with Gasteiger partial charge in [0, 0.05) is 0 Å². The number of allylic oxidation sites excluding steroid dienone is 7. The van der Waals surface area contributed by atoms with E-state index in [0.717, 1.165) is 17.8 Å². The molecule has 0 heteroatoms. The molecule has 2 aliphatic rings. The van der Waals surface area contributed by atoms with Crippen LogP contribution in [0.15, 0.2) is 48.6 Å². The second-order valence-corrected chi connectivity index (χ2v) is 4.28. The summed E-state index contributed by atoms with van der Waals surface area (Å²) in [5, 5.41) is 0. The Bertz CT molecular complexity index is 304. The lowest BCUT2D eigenvalue weighted by atomic mass is 9.86. The van der Waals surface area contributed by atoms with Gasteiger partial charge in [-0.2, -0.15) is 0 Å². The van der Waals surface area contributed by atoms with E-state index in [1.807, 2.05) is 6.08 Å². The summed E-state index contributed by atoms with van der Waals surface area (Å²) >= 11 is 0. The maximum absolute atomic E-state index is 3.92. The molecule has 2 bridgehead atoms. The standard InChI is InChI=1S/C14H18/c1-3-5-6-12(4-2)14-10-11-7-8-13(14)9-11/h3-8,11,13-14H,2,9-10H2,1H3/b5-3-,12-6+. The molecule has 14 heavy (non-hydrogen) atoms. The van der Waals surface area contributed by atoms with E-state index in [9.17, 15) is 0 Å². The SMILES string of the molecule is C=C/C(=C\C=C/C)C1CC2C=CC1C2. The van der Waals surface area contributed by atoms with Crippen molar-refractivity contribution in [1.29, 1.82) is 0 Å². The van der Waals surface area contributed by atoms with E-state index in [-0.39, 0.29) is 0 Å². The molecule has 0 aromatic heterocycles. The fourth-order valence-corrected chi connectivity index (χ4v) is 2.71. The zero-order valence-corrected chi connectivity index (χ0v) is 8.82. The van der Waals surface area contributed by atoms with Crippen molar-refractivity contribution in [2.75, 3.05) is 0 Å². The Kier molecular flexibility index (Phi) is 2.72. The molecule has 0 aromatic rings. The largest absolute Gasteiger partial charge is 0.0988 e. The van der Waals surface area contributed by atoms with Gasteiger partial charge in [0.25, 0.3) is 0 Å². The topological polar surface area (TPSA) is 0 Å². The van der Waals surface area contributed by atoms with Gasteiger partial charge in [-0.1, -0.05) is 43.0 Å². The van der Waals surface area contributed by atoms with Crippen LogP contribution in [0.3, 0.4) is 0 Å². The molecular weight excluding hydrogens is 168 g/mol. The first-order valence-corrected chi connectivity index (χ1v) is 5.48. The quantitative estimate of drug-likeness (QED) is 0.463. The zero-order valence-electron chi connectivity index (χ0n) is 8.82. The second-order valence-electron chi connectivity index (χ2n) is 4.28. The van der Waals surface area contributed by atoms with Gasteiger partial charge in [-0.05, 0) is 43.1 Å². The highest BCUT2D eigenvalue weighted by Gasteiger charge is 2.36. The van der Waals surface area contributed by atoms with Crippen LogP contribution in [0.25, 0.3) is 0 Å². The Labute approximate surface area is 86.7 Å². The van der Waals surface area contributed by atoms with E-state index in [1.54, 1.807) is 0 Å². The van der Waals surface area contributed by atoms with Gasteiger partial charge >= 0.3 is 0 Å². The summed E-state index contributed by atoms with van der Waals surface area (Å²) in [6, 6.07) is 0. The van der Waals surface area contributed by atoms with E-state index in [2.05, 4.69) is 43.9 Å². The van der Waals surface area contributed by atoms with Gasteiger partial charge in [0.2, 0.25) is 0 Å². The van der Waals surface area contributed by atoms with E-state index in [0.29, 0.717) is 0 Å². The first kappa shape index (κ1) is 9.51. The normalized spacial score (nSPS) is 35.8. The third kappa shape index (κ3) is 1.61. The Balaban J connectivity index is 2.14. The molecule has 0 amide bonds. The lowest BCUT2D eigenvalue weighted by Gasteiger charge is -2.18. The summed E-state index contributed by atoms with van der Waals surface area (Å²) in [5.41, 5.74) is 1.42. The van der Waals surface area contributed by atoms with E-state index >= 15 is 0 Å². The van der Waals surface area contributed by atoms with Crippen molar-refractivity contribution in [1.82, 2.24) is 0 Å². The molecule has 1 saturated carbocycles. The predicted molar refractivity (Wildman–Crippen MR) is 61.9 cm³/mol. The molecule has 2 aliphatic carbocycles. The highest BCUT2D eigenvalue weighted by atomic mass is 14.4. The summed E-state index contributed by atoms with van der Waals surface area (Å²) in [7, 11) is 0. The summed E-state index contributed by atoms with van der Waals surface area (Å²) in [6.07, 6.45) is 15.9. The van der Waals surface area contributed by atoms with Gasteiger partial charge in [-0.15, -0.1) is 0 Å². The van der Waals surface area contributed by atoms with E-state index < -0.39 is 0 Å². The molecule has 3 atom stereocenters. The number of fused-ring (bicyclic) bond motifs is 2. The van der Waals surface area contributed by atoms with Crippen molar-refractivity contribution < 1.29 is 0 Å². The van der Waals surface area contributed by atoms with Crippen molar-refractivity contribution in [2.24, 2.45) is 17.8 Å². The molecule has 0 N–H and O–H groups in total. The van der Waals surface area contributed by atoms with Crippen molar-refractivity contribution in [3.05, 3.63) is 48.6 Å². The maximum Gasteiger partial charge on any atom is -0.00934 e. The molecule has 1 fully saturated rings. The van der Waals surface area contributed by atoms with Gasteiger partial charge in [-0.3, -0.25) is 0 Å². The molecule has 0 heterocycles. The van der Waals surface area contributed by atoms with Crippen LogP contribution in [-0.4, -0.2) is 0 Å². The molecule has 2 rings (SSSR count). The Hall–Kier alpha value is -1.04. The van der Waals surface area contributed by atoms with Crippen molar-refractivity contribution in [3.63, 3.8) is 0 Å². The Morgan fingerprint density at radius 3 is 2.71 bits per heavy atom. The van der Waals surface area contributed by atoms with Gasteiger partial charge in [-0.25, -0.2) is 0 Å². The van der Waals surface area contributed by atoms with Crippen LogP contribution in [0, 0.1) is 17.8 Å². The molecule has 0 nitrogen and oxygen atoms in total. The highest BCUT2D eigenvalue weighted by Crippen LogP contribution is 2.46. The van der Waals surface area contributed by atoms with Crippen molar-refractivity contribution >= 4 is 0 Å². The van der Waals surface area contributed by atoms with Gasteiger partial charge in [0.05, 0.1) is 0 Å². The van der Waals surface area contributed by atoms with Crippen molar-refractivity contribution in [3.8, 4) is 0 Å². The second kappa shape index (κ2) is 4.00. The molecule has 0 aliphatic heterocycles. The van der Waals surface area contributed by atoms with Crippen LogP contribution in [0.1, 0.15) is 19.8 Å². The van der Waals surface area contributed by atoms with Gasteiger partial charge in [0.1, 0.15) is 0 Å².